The van der Waals surface area contributed by atoms with Gasteiger partial charge in [-0.25, -0.2) is 18.4 Å². The van der Waals surface area contributed by atoms with Crippen LogP contribution in [0, 0.1) is 0 Å². The van der Waals surface area contributed by atoms with Gasteiger partial charge in [-0.3, -0.25) is 13.9 Å². The topological polar surface area (TPSA) is 123 Å². The van der Waals surface area contributed by atoms with Gasteiger partial charge in [-0.1, -0.05) is 19.1 Å². The number of nitrogen functional groups attached to an aromatic ring is 1. The van der Waals surface area contributed by atoms with E-state index < -0.39 is 20.6 Å². The smallest absolute Gasteiger partial charge is 0.233 e. The number of benzene rings is 1. The number of aromatic nitrogens is 2. The highest BCUT2D eigenvalue weighted by Gasteiger charge is 2.32. The van der Waals surface area contributed by atoms with Crippen LogP contribution in [0.25, 0.3) is 0 Å². The summed E-state index contributed by atoms with van der Waals surface area (Å²) in [5, 5.41) is 0.125. The van der Waals surface area contributed by atoms with Crippen LogP contribution in [0.5, 0.6) is 0 Å². The average molecular weight is 409 g/mol. The molecule has 2 heterocycles. The van der Waals surface area contributed by atoms with Crippen molar-refractivity contribution in [2.24, 2.45) is 0 Å². The number of amides is 1. The lowest BCUT2D eigenvalue weighted by Gasteiger charge is -2.17. The predicted molar refractivity (Wildman–Crippen MR) is 102 cm³/mol. The number of rotatable bonds is 6. The third kappa shape index (κ3) is 4.01. The third-order valence-corrected chi connectivity index (χ3v) is 6.66. The van der Waals surface area contributed by atoms with E-state index in [1.165, 1.54) is 17.0 Å². The van der Waals surface area contributed by atoms with Crippen molar-refractivity contribution in [2.75, 3.05) is 22.6 Å². The zero-order chi connectivity index (χ0) is 19.8. The van der Waals surface area contributed by atoms with Gasteiger partial charge in [0.05, 0.1) is 28.7 Å². The van der Waals surface area contributed by atoms with Gasteiger partial charge in [0.1, 0.15) is 11.6 Å². The summed E-state index contributed by atoms with van der Waals surface area (Å²) in [5.41, 5.74) is 7.24. The molecule has 0 saturated carbocycles. The number of hydrogen-bond donors (Lipinski definition) is 1. The van der Waals surface area contributed by atoms with Crippen molar-refractivity contribution in [1.29, 1.82) is 0 Å². The van der Waals surface area contributed by atoms with Crippen molar-refractivity contribution in [1.82, 2.24) is 9.97 Å². The minimum absolute atomic E-state index is 0.0866. The molecule has 10 heteroatoms. The summed E-state index contributed by atoms with van der Waals surface area (Å²) < 4.78 is 35.4. The molecule has 1 unspecified atom stereocenters. The van der Waals surface area contributed by atoms with Crippen LogP contribution in [0.4, 0.5) is 11.6 Å². The summed E-state index contributed by atoms with van der Waals surface area (Å²) in [6.07, 6.45) is 1.94. The lowest BCUT2D eigenvalue weighted by atomic mass is 10.2. The maximum Gasteiger partial charge on any atom is 0.233 e. The van der Waals surface area contributed by atoms with E-state index in [0.29, 0.717) is 23.6 Å². The van der Waals surface area contributed by atoms with Crippen molar-refractivity contribution in [3.05, 3.63) is 35.4 Å². The molecule has 1 aliphatic rings. The van der Waals surface area contributed by atoms with Gasteiger partial charge in [-0.05, 0) is 24.1 Å². The van der Waals surface area contributed by atoms with Gasteiger partial charge in [0.2, 0.25) is 11.1 Å². The van der Waals surface area contributed by atoms with Gasteiger partial charge < -0.3 is 5.73 Å². The van der Waals surface area contributed by atoms with Gasteiger partial charge in [-0.15, -0.1) is 0 Å². The van der Waals surface area contributed by atoms with E-state index >= 15 is 0 Å². The van der Waals surface area contributed by atoms with Crippen LogP contribution in [-0.4, -0.2) is 40.5 Å². The summed E-state index contributed by atoms with van der Waals surface area (Å²) in [6, 6.07) is 6.31. The molecule has 1 aromatic carbocycles. The molecule has 3 rings (SSSR count). The Morgan fingerprint density at radius 3 is 2.48 bits per heavy atom. The minimum Gasteiger partial charge on any atom is -0.383 e. The number of carbonyl (C=O) groups excluding carboxylic acids is 1. The van der Waals surface area contributed by atoms with E-state index in [2.05, 4.69) is 9.97 Å². The highest BCUT2D eigenvalue weighted by Crippen LogP contribution is 2.32. The summed E-state index contributed by atoms with van der Waals surface area (Å²) in [4.78, 5) is 22.6. The van der Waals surface area contributed by atoms with E-state index in [0.717, 1.165) is 11.8 Å². The quantitative estimate of drug-likeness (QED) is 0.709. The molecular formula is C17H20N4O4S2. The third-order valence-electron chi connectivity index (χ3n) is 4.17. The van der Waals surface area contributed by atoms with Crippen molar-refractivity contribution in [2.45, 2.75) is 36.4 Å². The highest BCUT2D eigenvalue weighted by atomic mass is 32.2. The molecule has 0 spiro atoms. The van der Waals surface area contributed by atoms with Crippen molar-refractivity contribution in [3.63, 3.8) is 0 Å². The van der Waals surface area contributed by atoms with E-state index in [4.69, 9.17) is 5.73 Å². The second-order valence-electron chi connectivity index (χ2n) is 6.32. The summed E-state index contributed by atoms with van der Waals surface area (Å²) in [5.74, 6) is 0.776. The van der Waals surface area contributed by atoms with Crippen LogP contribution >= 0.6 is 0 Å². The molecule has 27 heavy (non-hydrogen) atoms. The summed E-state index contributed by atoms with van der Waals surface area (Å²) >= 11 is 0. The molecule has 1 atom stereocenters. The molecule has 144 valence electrons. The highest BCUT2D eigenvalue weighted by molar-refractivity contribution is 7.90. The van der Waals surface area contributed by atoms with Gasteiger partial charge in [0, 0.05) is 17.6 Å². The number of sulfone groups is 1. The molecule has 1 aliphatic heterocycles. The fraction of sp³-hybridized carbons (Fsp3) is 0.353. The number of nitrogens with two attached hydrogens (primary N) is 1. The van der Waals surface area contributed by atoms with Gasteiger partial charge in [0.25, 0.3) is 0 Å². The van der Waals surface area contributed by atoms with Gasteiger partial charge in [-0.2, -0.15) is 0 Å². The molecule has 0 fully saturated rings. The van der Waals surface area contributed by atoms with Crippen LogP contribution in [0.1, 0.15) is 24.5 Å². The Bertz CT molecular complexity index is 1020. The maximum absolute atomic E-state index is 12.5. The first-order valence-corrected chi connectivity index (χ1v) is 11.6. The average Bonchev–Trinajstić information content (AvgIpc) is 2.91. The van der Waals surface area contributed by atoms with Crippen LogP contribution in [0.3, 0.4) is 0 Å². The van der Waals surface area contributed by atoms with E-state index in [1.54, 1.807) is 12.1 Å². The molecule has 0 aliphatic carbocycles. The van der Waals surface area contributed by atoms with E-state index in [9.17, 15) is 17.4 Å². The minimum atomic E-state index is -3.28. The number of anilines is 2. The normalized spacial score (nSPS) is 15.0. The Hall–Kier alpha value is -2.33. The summed E-state index contributed by atoms with van der Waals surface area (Å²) in [6.45, 7) is 2.12. The fourth-order valence-corrected chi connectivity index (χ4v) is 4.36. The molecule has 2 N–H and O–H groups in total. The van der Waals surface area contributed by atoms with Crippen LogP contribution in [0.15, 0.2) is 34.3 Å². The monoisotopic (exact) mass is 408 g/mol. The maximum atomic E-state index is 12.5. The van der Waals surface area contributed by atoms with Gasteiger partial charge in [0.15, 0.2) is 9.84 Å². The molecule has 2 aromatic rings. The molecule has 0 bridgehead atoms. The molecular weight excluding hydrogens is 388 g/mol. The van der Waals surface area contributed by atoms with Crippen LogP contribution in [-0.2, 0) is 38.4 Å². The molecule has 0 saturated heterocycles. The second kappa shape index (κ2) is 7.35. The van der Waals surface area contributed by atoms with Crippen LogP contribution < -0.4 is 10.6 Å². The number of nitrogens with zero attached hydrogens (tertiary/aromatic N) is 3. The van der Waals surface area contributed by atoms with Crippen molar-refractivity contribution >= 4 is 38.2 Å². The largest absolute Gasteiger partial charge is 0.383 e. The summed E-state index contributed by atoms with van der Waals surface area (Å²) in [7, 11) is -4.66. The first kappa shape index (κ1) is 19.4. The number of fused-ring (bicyclic) bond motifs is 1. The van der Waals surface area contributed by atoms with E-state index in [1.807, 2.05) is 6.92 Å². The Morgan fingerprint density at radius 2 is 1.89 bits per heavy atom. The van der Waals surface area contributed by atoms with Gasteiger partial charge >= 0.3 is 0 Å². The number of carbonyl (C=O) groups is 1. The lowest BCUT2D eigenvalue weighted by molar-refractivity contribution is -0.117. The molecule has 1 aromatic heterocycles. The SMILES string of the molecule is CCCS(=O)c1nc(N)c2c(n1)N(Cc1ccc(S(C)(=O)=O)cc1)C(=O)C2. The predicted octanol–water partition coefficient (Wildman–Crippen LogP) is 1.07. The van der Waals surface area contributed by atoms with E-state index in [-0.39, 0.29) is 34.7 Å². The first-order valence-electron chi connectivity index (χ1n) is 8.34. The second-order valence-corrected chi connectivity index (χ2v) is 9.80. The lowest BCUT2D eigenvalue weighted by Crippen LogP contribution is -2.27. The standard InChI is InChI=1S/C17H20N4O4S2/c1-3-8-26(23)17-19-15(18)13-9-14(22)21(16(13)20-17)10-11-4-6-12(7-5-11)27(2,24)25/h4-7H,3,8-10H2,1-2H3,(H2,18,19,20). The molecule has 0 radical (unpaired) electrons. The Kier molecular flexibility index (Phi) is 5.29. The Balaban J connectivity index is 1.92. The Labute approximate surface area is 160 Å². The van der Waals surface area contributed by atoms with Crippen molar-refractivity contribution in [3.8, 4) is 0 Å². The zero-order valence-corrected chi connectivity index (χ0v) is 16.6. The van der Waals surface area contributed by atoms with Crippen molar-refractivity contribution < 1.29 is 17.4 Å². The molecule has 8 nitrogen and oxygen atoms in total. The molecule has 1 amide bonds. The first-order chi connectivity index (χ1) is 12.7. The van der Waals surface area contributed by atoms with Crippen LogP contribution in [0.2, 0.25) is 0 Å². The Morgan fingerprint density at radius 1 is 1.22 bits per heavy atom. The zero-order valence-electron chi connectivity index (χ0n) is 15.0. The number of hydrogen-bond acceptors (Lipinski definition) is 7. The fourth-order valence-electron chi connectivity index (χ4n) is 2.79.